The number of halogens is 3. The van der Waals surface area contributed by atoms with Gasteiger partial charge in [0.2, 0.25) is 0 Å². The minimum Gasteiger partial charge on any atom is -0.0966 e. The van der Waals surface area contributed by atoms with Crippen molar-refractivity contribution in [2.24, 2.45) is 0 Å². The normalized spacial score (nSPS) is 2.67. The molecule has 0 spiro atoms. The second-order valence-electron chi connectivity index (χ2n) is 0.101. The van der Waals surface area contributed by atoms with E-state index in [1.807, 2.05) is 5.83 Å². The van der Waals surface area contributed by atoms with Crippen LogP contribution in [0.4, 0.5) is 0 Å². The molecule has 0 aliphatic carbocycles. The Morgan fingerprint density at radius 2 is 0.889 bits per heavy atom. The van der Waals surface area contributed by atoms with Crippen LogP contribution < -0.4 is 0 Å². The van der Waals surface area contributed by atoms with Crippen LogP contribution in [0.2, 0.25) is 0 Å². The molecular formula is C4H13Ar2Br3. The molecular weight excluding hydrogens is 368 g/mol. The first-order valence-corrected chi connectivity index (χ1v) is 4.74. The quantitative estimate of drug-likeness (QED) is 0.557. The van der Waals surface area contributed by atoms with E-state index in [1.165, 1.54) is 0 Å². The van der Waals surface area contributed by atoms with Crippen LogP contribution in [0, 0.1) is 75.5 Å². The molecule has 0 fully saturated rings. The van der Waals surface area contributed by atoms with Gasteiger partial charge in [0.15, 0.2) is 0 Å². The molecule has 0 saturated carbocycles. The molecule has 0 saturated heterocycles. The van der Waals surface area contributed by atoms with Crippen molar-refractivity contribution in [2.75, 3.05) is 10.1 Å². The van der Waals surface area contributed by atoms with Crippen LogP contribution in [0.1, 0.15) is 14.9 Å². The molecule has 0 aliphatic rings. The number of alkyl halides is 3. The molecule has 5 heteroatoms. The second kappa shape index (κ2) is 58.4. The average Bonchev–Trinajstić information content (AvgIpc) is 1.46. The van der Waals surface area contributed by atoms with Crippen molar-refractivity contribution in [1.82, 2.24) is 0 Å². The van der Waals surface area contributed by atoms with E-state index in [9.17, 15) is 0 Å². The summed E-state index contributed by atoms with van der Waals surface area (Å²) < 4.78 is 0.875. The summed E-state index contributed by atoms with van der Waals surface area (Å²) in [6.45, 7) is 0. The minimum atomic E-state index is 0. The van der Waals surface area contributed by atoms with Crippen LogP contribution in [0.3, 0.4) is 0 Å². The van der Waals surface area contributed by atoms with Crippen molar-refractivity contribution in [1.29, 1.82) is 0 Å². The molecule has 9 heavy (non-hydrogen) atoms. The van der Waals surface area contributed by atoms with Gasteiger partial charge < -0.3 is 0 Å². The van der Waals surface area contributed by atoms with Gasteiger partial charge in [-0.2, -0.15) is 0 Å². The van der Waals surface area contributed by atoms with Crippen LogP contribution in [0.15, 0.2) is 0 Å². The van der Waals surface area contributed by atoms with Crippen molar-refractivity contribution >= 4 is 47.8 Å². The summed E-state index contributed by atoms with van der Waals surface area (Å²) in [4.78, 5) is 0. The summed E-state index contributed by atoms with van der Waals surface area (Å²) in [7, 11) is 0. The van der Waals surface area contributed by atoms with Crippen LogP contribution in [-0.4, -0.2) is 10.1 Å². The van der Waals surface area contributed by atoms with E-state index in [-0.39, 0.29) is 90.3 Å². The van der Waals surface area contributed by atoms with Gasteiger partial charge in [-0.1, -0.05) is 62.6 Å². The monoisotopic (exact) mass is 378 g/mol. The molecule has 66 valence electrons. The summed E-state index contributed by atoms with van der Waals surface area (Å²) in [6.07, 6.45) is 0. The second-order valence-corrected chi connectivity index (χ2v) is 2.73. The fourth-order valence-corrected chi connectivity index (χ4v) is 0. The van der Waals surface area contributed by atoms with Crippen LogP contribution in [-0.2, 0) is 0 Å². The van der Waals surface area contributed by atoms with E-state index in [0.717, 1.165) is 4.24 Å². The minimum absolute atomic E-state index is 0. The Morgan fingerprint density at radius 1 is 0.889 bits per heavy atom. The third kappa shape index (κ3) is 75.7. The Bertz CT molecular complexity index is 13.8. The summed E-state index contributed by atoms with van der Waals surface area (Å²) >= 11 is 9.06. The Hall–Kier alpha value is 3.96. The fraction of sp³-hybridized carbons (Fsp3) is 1.00. The summed E-state index contributed by atoms with van der Waals surface area (Å²) in [5.41, 5.74) is 0. The van der Waals surface area contributed by atoms with Gasteiger partial charge in [-0.25, -0.2) is 0 Å². The summed E-state index contributed by atoms with van der Waals surface area (Å²) in [5.74, 6) is 1.81. The van der Waals surface area contributed by atoms with Gasteiger partial charge in [0.25, 0.3) is 0 Å². The van der Waals surface area contributed by atoms with Crippen LogP contribution in [0.5, 0.6) is 0 Å². The Kier molecular flexibility index (Phi) is 248. The predicted octanol–water partition coefficient (Wildman–Crippen LogP) is 4.02. The fourth-order valence-electron chi connectivity index (χ4n) is 0. The third-order valence-electron chi connectivity index (χ3n) is 0. The summed E-state index contributed by atoms with van der Waals surface area (Å²) in [5, 5.41) is 0. The maximum atomic E-state index is 3.06. The molecule has 0 aromatic heterocycles. The molecule has 0 nitrogen and oxygen atoms in total. The van der Waals surface area contributed by atoms with Crippen molar-refractivity contribution in [3.05, 3.63) is 0 Å². The maximum absolute atomic E-state index is 3.06. The van der Waals surface area contributed by atoms with Crippen molar-refractivity contribution < 1.29 is 75.5 Å². The van der Waals surface area contributed by atoms with E-state index < -0.39 is 0 Å². The Morgan fingerprint density at radius 3 is 0.889 bits per heavy atom. The zero-order valence-electron chi connectivity index (χ0n) is 3.55. The SMILES string of the molecule is BrCBr.C.C.CBr.[Ar].[Ar]. The molecule has 0 N–H and O–H groups in total. The molecule has 0 rings (SSSR count). The smallest absolute Gasteiger partial charge is 0.0588 e. The zero-order valence-corrected chi connectivity index (χ0v) is 9.72. The molecule has 0 unspecified atom stereocenters. The first kappa shape index (κ1) is 38.3. The molecule has 0 bridgehead atoms. The van der Waals surface area contributed by atoms with E-state index in [2.05, 4.69) is 47.8 Å². The number of hydrogen-bond acceptors (Lipinski definition) is 0. The van der Waals surface area contributed by atoms with Gasteiger partial charge in [0, 0.05) is 75.5 Å². The van der Waals surface area contributed by atoms with Crippen molar-refractivity contribution in [2.45, 2.75) is 14.9 Å². The molecule has 0 amide bonds. The molecule has 0 heterocycles. The molecule has 0 aliphatic heterocycles. The van der Waals surface area contributed by atoms with E-state index >= 15 is 0 Å². The summed E-state index contributed by atoms with van der Waals surface area (Å²) in [6, 6.07) is 0. The molecule has 0 atom stereocenters. The molecule has 0 aromatic carbocycles. The average molecular weight is 381 g/mol. The van der Waals surface area contributed by atoms with Gasteiger partial charge >= 0.3 is 0 Å². The number of rotatable bonds is 0. The largest absolute Gasteiger partial charge is 0.0966 e. The predicted molar refractivity (Wildman–Crippen MR) is 51.0 cm³/mol. The third-order valence-corrected chi connectivity index (χ3v) is 0. The maximum Gasteiger partial charge on any atom is 0.0588 e. The van der Waals surface area contributed by atoms with Crippen LogP contribution >= 0.6 is 47.8 Å². The van der Waals surface area contributed by atoms with E-state index in [4.69, 9.17) is 0 Å². The van der Waals surface area contributed by atoms with Gasteiger partial charge in [0.05, 0.1) is 4.24 Å². The number of hydrogen-bond donors (Lipinski definition) is 0. The van der Waals surface area contributed by atoms with Gasteiger partial charge in [-0.15, -0.1) is 0 Å². The Balaban J connectivity index is -0.00000000357. The Labute approximate surface area is 145 Å². The zero-order chi connectivity index (χ0) is 4.71. The molecule has 0 aromatic rings. The van der Waals surface area contributed by atoms with Gasteiger partial charge in [-0.05, 0) is 5.83 Å². The van der Waals surface area contributed by atoms with Crippen molar-refractivity contribution in [3.8, 4) is 0 Å². The topological polar surface area (TPSA) is 0 Å². The van der Waals surface area contributed by atoms with E-state index in [1.54, 1.807) is 0 Å². The van der Waals surface area contributed by atoms with E-state index in [0.29, 0.717) is 0 Å². The molecule has 0 radical (unpaired) electrons. The van der Waals surface area contributed by atoms with Gasteiger partial charge in [0.1, 0.15) is 0 Å². The van der Waals surface area contributed by atoms with Crippen molar-refractivity contribution in [3.63, 3.8) is 0 Å². The van der Waals surface area contributed by atoms with Gasteiger partial charge in [-0.3, -0.25) is 0 Å². The van der Waals surface area contributed by atoms with Crippen LogP contribution in [0.25, 0.3) is 0 Å². The first-order chi connectivity index (χ1) is 2.41. The standard InChI is InChI=1S/CH2Br2.CH3Br.2CH4.2Ar/c2-1-3;1-2;;;;/h1H2;1H3;2*1H4;;. The first-order valence-electron chi connectivity index (χ1n) is 0.912.